The number of fused-ring (bicyclic) bond motifs is 4. The predicted octanol–water partition coefficient (Wildman–Crippen LogP) is 5.38. The Kier molecular flexibility index (Phi) is 4.92. The first-order chi connectivity index (χ1) is 18.0. The number of pyridine rings is 1. The molecule has 0 atom stereocenters. The lowest BCUT2D eigenvalue weighted by molar-refractivity contribution is 0.103. The summed E-state index contributed by atoms with van der Waals surface area (Å²) in [5, 5.41) is 8.58. The van der Waals surface area contributed by atoms with Crippen LogP contribution in [0.15, 0.2) is 54.9 Å². The monoisotopic (exact) mass is 489 g/mol. The third-order valence-electron chi connectivity index (χ3n) is 8.59. The van der Waals surface area contributed by atoms with E-state index in [-0.39, 0.29) is 11.2 Å². The number of piperazine rings is 1. The van der Waals surface area contributed by atoms with E-state index in [1.165, 1.54) is 24.7 Å². The molecular weight excluding hydrogens is 458 g/mol. The van der Waals surface area contributed by atoms with Crippen LogP contribution in [0.2, 0.25) is 0 Å². The van der Waals surface area contributed by atoms with Crippen LogP contribution >= 0.6 is 0 Å². The summed E-state index contributed by atoms with van der Waals surface area (Å²) in [5.74, 6) is 0.0634. The van der Waals surface area contributed by atoms with Gasteiger partial charge in [-0.15, -0.1) is 0 Å². The van der Waals surface area contributed by atoms with E-state index >= 15 is 0 Å². The molecule has 1 saturated heterocycles. The Morgan fingerprint density at radius 3 is 2.57 bits per heavy atom. The quantitative estimate of drug-likeness (QED) is 0.377. The highest BCUT2D eigenvalue weighted by Crippen LogP contribution is 2.47. The van der Waals surface area contributed by atoms with Gasteiger partial charge >= 0.3 is 0 Å². The highest BCUT2D eigenvalue weighted by atomic mass is 16.1. The summed E-state index contributed by atoms with van der Waals surface area (Å²) < 4.78 is 0. The van der Waals surface area contributed by atoms with Crippen molar-refractivity contribution in [3.05, 3.63) is 82.8 Å². The Bertz CT molecular complexity index is 1560. The highest BCUT2D eigenvalue weighted by molar-refractivity contribution is 6.21. The van der Waals surface area contributed by atoms with Gasteiger partial charge in [-0.25, -0.2) is 0 Å². The first-order valence-corrected chi connectivity index (χ1v) is 13.2. The van der Waals surface area contributed by atoms with Gasteiger partial charge in [-0.3, -0.25) is 14.7 Å². The van der Waals surface area contributed by atoms with Gasteiger partial charge < -0.3 is 15.3 Å². The van der Waals surface area contributed by atoms with E-state index in [9.17, 15) is 4.79 Å². The Balaban J connectivity index is 1.40. The van der Waals surface area contributed by atoms with Gasteiger partial charge in [0.1, 0.15) is 0 Å². The van der Waals surface area contributed by atoms with Crippen molar-refractivity contribution in [2.24, 2.45) is 0 Å². The van der Waals surface area contributed by atoms with Gasteiger partial charge in [-0.2, -0.15) is 0 Å². The number of aromatic nitrogens is 2. The van der Waals surface area contributed by atoms with Crippen molar-refractivity contribution in [2.75, 3.05) is 31.1 Å². The number of aromatic amines is 1. The second-order valence-corrected chi connectivity index (χ2v) is 11.2. The Morgan fingerprint density at radius 1 is 1.05 bits per heavy atom. The van der Waals surface area contributed by atoms with Gasteiger partial charge in [-0.1, -0.05) is 32.0 Å². The van der Waals surface area contributed by atoms with Crippen LogP contribution in [0.25, 0.3) is 22.0 Å². The molecule has 186 valence electrons. The fourth-order valence-electron chi connectivity index (χ4n) is 6.35. The first-order valence-electron chi connectivity index (χ1n) is 13.2. The minimum atomic E-state index is -0.375. The third-order valence-corrected chi connectivity index (χ3v) is 8.59. The Morgan fingerprint density at radius 2 is 1.86 bits per heavy atom. The van der Waals surface area contributed by atoms with Crippen molar-refractivity contribution in [1.29, 1.82) is 5.41 Å². The van der Waals surface area contributed by atoms with Gasteiger partial charge in [0.2, 0.25) is 0 Å². The summed E-state index contributed by atoms with van der Waals surface area (Å²) in [6, 6.07) is 15.1. The number of nitrogens with zero attached hydrogens (tertiary/aromatic N) is 3. The minimum Gasteiger partial charge on any atom is -0.368 e. The molecule has 2 aromatic heterocycles. The molecule has 6 heteroatoms. The van der Waals surface area contributed by atoms with Crippen molar-refractivity contribution in [3.63, 3.8) is 0 Å². The van der Waals surface area contributed by atoms with E-state index in [1.54, 1.807) is 6.20 Å². The van der Waals surface area contributed by atoms with Crippen molar-refractivity contribution in [1.82, 2.24) is 14.9 Å². The fraction of sp³-hybridized carbons (Fsp3) is 0.323. The van der Waals surface area contributed by atoms with E-state index in [1.807, 2.05) is 30.5 Å². The molecule has 6 nitrogen and oxygen atoms in total. The Hall–Kier alpha value is -3.77. The second-order valence-electron chi connectivity index (χ2n) is 11.2. The molecule has 0 unspecified atom stereocenters. The summed E-state index contributed by atoms with van der Waals surface area (Å²) in [4.78, 5) is 27.2. The SMILES string of the molecule is CC1(C)c2cc(N3CCN(C4CC4)CC3)c(-c3cccnc3)cc2C(=O)c2c1[nH]c1cc(C=N)ccc21. The average Bonchev–Trinajstić information content (AvgIpc) is 3.71. The molecule has 2 N–H and O–H groups in total. The number of carbonyl (C=O) groups is 1. The van der Waals surface area contributed by atoms with E-state index in [2.05, 4.69) is 51.8 Å². The predicted molar refractivity (Wildman–Crippen MR) is 148 cm³/mol. The van der Waals surface area contributed by atoms with Crippen molar-refractivity contribution >= 4 is 28.6 Å². The first kappa shape index (κ1) is 22.4. The van der Waals surface area contributed by atoms with Crippen LogP contribution in [0.3, 0.4) is 0 Å². The number of hydrogen-bond donors (Lipinski definition) is 2. The van der Waals surface area contributed by atoms with E-state index < -0.39 is 0 Å². The average molecular weight is 490 g/mol. The van der Waals surface area contributed by atoms with Crippen LogP contribution in [0.4, 0.5) is 5.69 Å². The molecule has 1 saturated carbocycles. The molecule has 0 amide bonds. The van der Waals surface area contributed by atoms with Crippen LogP contribution in [0.1, 0.15) is 59.4 Å². The van der Waals surface area contributed by atoms with Crippen molar-refractivity contribution < 1.29 is 4.79 Å². The molecule has 7 rings (SSSR count). The van der Waals surface area contributed by atoms with Crippen LogP contribution in [0.5, 0.6) is 0 Å². The molecule has 3 aliphatic rings. The molecule has 2 aromatic carbocycles. The van der Waals surface area contributed by atoms with Gasteiger partial charge in [0.15, 0.2) is 5.78 Å². The maximum atomic E-state index is 14.1. The van der Waals surface area contributed by atoms with Crippen LogP contribution in [0, 0.1) is 5.41 Å². The molecule has 0 spiro atoms. The lowest BCUT2D eigenvalue weighted by Gasteiger charge is -2.39. The van der Waals surface area contributed by atoms with Crippen LogP contribution < -0.4 is 4.90 Å². The number of carbonyl (C=O) groups excluding carboxylic acids is 1. The Labute approximate surface area is 216 Å². The molecule has 37 heavy (non-hydrogen) atoms. The van der Waals surface area contributed by atoms with Crippen LogP contribution in [-0.2, 0) is 5.41 Å². The molecule has 2 fully saturated rings. The minimum absolute atomic E-state index is 0.0634. The second kappa shape index (κ2) is 8.12. The molecule has 3 heterocycles. The largest absolute Gasteiger partial charge is 0.368 e. The summed E-state index contributed by atoms with van der Waals surface area (Å²) in [6.07, 6.45) is 7.72. The number of benzene rings is 2. The standard InChI is InChI=1S/C31H31N5O/c1-31(2)25-16-27(36-12-10-35(11-13-36)21-6-7-21)23(20-4-3-9-33-18-20)15-24(25)29(37)28-22-8-5-19(17-32)14-26(22)34-30(28)31/h3-5,8-9,14-18,21,32,34H,6-7,10-13H2,1-2H3. The molecule has 1 aliphatic heterocycles. The molecule has 0 radical (unpaired) electrons. The lowest BCUT2D eigenvalue weighted by Crippen LogP contribution is -2.47. The highest BCUT2D eigenvalue weighted by Gasteiger charge is 2.41. The maximum absolute atomic E-state index is 14.1. The number of rotatable bonds is 4. The van der Waals surface area contributed by atoms with Gasteiger partial charge in [0.05, 0.1) is 5.56 Å². The number of anilines is 1. The smallest absolute Gasteiger partial charge is 0.195 e. The molecule has 4 aromatic rings. The lowest BCUT2D eigenvalue weighted by atomic mass is 9.70. The molecular formula is C31H31N5O. The fourth-order valence-corrected chi connectivity index (χ4v) is 6.35. The number of H-pyrrole nitrogens is 1. The zero-order valence-electron chi connectivity index (χ0n) is 21.3. The summed E-state index contributed by atoms with van der Waals surface area (Å²) >= 11 is 0. The van der Waals surface area contributed by atoms with E-state index in [0.29, 0.717) is 0 Å². The van der Waals surface area contributed by atoms with Crippen molar-refractivity contribution in [3.8, 4) is 11.1 Å². The molecule has 0 bridgehead atoms. The summed E-state index contributed by atoms with van der Waals surface area (Å²) in [7, 11) is 0. The number of hydrogen-bond acceptors (Lipinski definition) is 5. The maximum Gasteiger partial charge on any atom is 0.195 e. The van der Waals surface area contributed by atoms with E-state index in [0.717, 1.165) is 82.2 Å². The third kappa shape index (κ3) is 3.46. The summed E-state index contributed by atoms with van der Waals surface area (Å²) in [6.45, 7) is 8.56. The van der Waals surface area contributed by atoms with Gasteiger partial charge in [-0.05, 0) is 48.2 Å². The zero-order chi connectivity index (χ0) is 25.3. The van der Waals surface area contributed by atoms with Gasteiger partial charge in [0.25, 0.3) is 0 Å². The normalized spacial score (nSPS) is 19.1. The van der Waals surface area contributed by atoms with E-state index in [4.69, 9.17) is 5.41 Å². The van der Waals surface area contributed by atoms with Crippen LogP contribution in [-0.4, -0.2) is 59.1 Å². The molecule has 2 aliphatic carbocycles. The number of ketones is 1. The number of nitrogens with one attached hydrogen (secondary N) is 2. The zero-order valence-corrected chi connectivity index (χ0v) is 21.3. The van der Waals surface area contributed by atoms with Crippen molar-refractivity contribution in [2.45, 2.75) is 38.1 Å². The topological polar surface area (TPSA) is 76.1 Å². The summed E-state index contributed by atoms with van der Waals surface area (Å²) in [5.41, 5.74) is 8.21. The van der Waals surface area contributed by atoms with Gasteiger partial charge in [0, 0.05) is 95.2 Å².